The van der Waals surface area contributed by atoms with Gasteiger partial charge in [0.2, 0.25) is 0 Å². The lowest BCUT2D eigenvalue weighted by Gasteiger charge is -2.24. The molecule has 1 fully saturated rings. The fraction of sp³-hybridized carbons (Fsp3) is 0.667. The molecule has 0 saturated heterocycles. The van der Waals surface area contributed by atoms with Crippen molar-refractivity contribution >= 4 is 5.82 Å². The van der Waals surface area contributed by atoms with Crippen LogP contribution in [0, 0.1) is 6.92 Å². The van der Waals surface area contributed by atoms with Crippen molar-refractivity contribution in [2.75, 3.05) is 18.9 Å². The van der Waals surface area contributed by atoms with Crippen LogP contribution in [-0.4, -0.2) is 40.5 Å². The second-order valence-corrected chi connectivity index (χ2v) is 4.62. The van der Waals surface area contributed by atoms with E-state index in [4.69, 9.17) is 0 Å². The van der Waals surface area contributed by atoms with Gasteiger partial charge in [-0.05, 0) is 39.8 Å². The zero-order chi connectivity index (χ0) is 11.5. The summed E-state index contributed by atoms with van der Waals surface area (Å²) in [6, 6.07) is 3.27. The first-order valence-corrected chi connectivity index (χ1v) is 5.92. The van der Waals surface area contributed by atoms with E-state index < -0.39 is 0 Å². The van der Waals surface area contributed by atoms with Gasteiger partial charge in [0, 0.05) is 24.8 Å². The third-order valence-corrected chi connectivity index (χ3v) is 3.17. The third-order valence-electron chi connectivity index (χ3n) is 3.17. The molecule has 1 aromatic heterocycles. The van der Waals surface area contributed by atoms with Crippen LogP contribution in [0.4, 0.5) is 5.82 Å². The van der Waals surface area contributed by atoms with Gasteiger partial charge in [0.05, 0.1) is 0 Å². The normalized spacial score (nSPS) is 17.5. The van der Waals surface area contributed by atoms with Crippen molar-refractivity contribution in [3.63, 3.8) is 0 Å². The van der Waals surface area contributed by atoms with Crippen molar-refractivity contribution in [1.82, 2.24) is 14.9 Å². The lowest BCUT2D eigenvalue weighted by atomic mass is 10.3. The van der Waals surface area contributed by atoms with Gasteiger partial charge in [0.25, 0.3) is 0 Å². The van der Waals surface area contributed by atoms with Gasteiger partial charge in [-0.15, -0.1) is 0 Å². The molecule has 4 heteroatoms. The van der Waals surface area contributed by atoms with Gasteiger partial charge in [-0.25, -0.2) is 9.97 Å². The molecule has 0 bridgehead atoms. The summed E-state index contributed by atoms with van der Waals surface area (Å²) in [6.07, 6.45) is 4.50. The molecular weight excluding hydrogens is 200 g/mol. The predicted molar refractivity (Wildman–Crippen MR) is 65.5 cm³/mol. The van der Waals surface area contributed by atoms with Crippen LogP contribution in [0.1, 0.15) is 25.6 Å². The van der Waals surface area contributed by atoms with Crippen molar-refractivity contribution in [2.24, 2.45) is 0 Å². The smallest absolute Gasteiger partial charge is 0.129 e. The summed E-state index contributed by atoms with van der Waals surface area (Å²) >= 11 is 0. The number of hydrogen-bond acceptors (Lipinski definition) is 4. The molecule has 4 nitrogen and oxygen atoms in total. The maximum atomic E-state index is 4.32. The first kappa shape index (κ1) is 11.3. The van der Waals surface area contributed by atoms with Gasteiger partial charge in [0.1, 0.15) is 11.6 Å². The van der Waals surface area contributed by atoms with Crippen molar-refractivity contribution in [1.29, 1.82) is 0 Å². The van der Waals surface area contributed by atoms with E-state index in [0.29, 0.717) is 6.04 Å². The monoisotopic (exact) mass is 220 g/mol. The van der Waals surface area contributed by atoms with Crippen molar-refractivity contribution < 1.29 is 0 Å². The Labute approximate surface area is 97.1 Å². The van der Waals surface area contributed by atoms with Crippen LogP contribution in [0.15, 0.2) is 12.3 Å². The molecule has 88 valence electrons. The van der Waals surface area contributed by atoms with E-state index in [0.717, 1.165) is 24.2 Å². The maximum absolute atomic E-state index is 4.32. The lowest BCUT2D eigenvalue weighted by molar-refractivity contribution is 0.257. The predicted octanol–water partition coefficient (Wildman–Crippen LogP) is 1.68. The van der Waals surface area contributed by atoms with Gasteiger partial charge in [0.15, 0.2) is 0 Å². The average Bonchev–Trinajstić information content (AvgIpc) is 3.09. The fourth-order valence-corrected chi connectivity index (χ4v) is 1.79. The van der Waals surface area contributed by atoms with E-state index in [-0.39, 0.29) is 0 Å². The van der Waals surface area contributed by atoms with Gasteiger partial charge >= 0.3 is 0 Å². The minimum absolute atomic E-state index is 0.544. The van der Waals surface area contributed by atoms with E-state index in [1.54, 1.807) is 6.20 Å². The quantitative estimate of drug-likeness (QED) is 0.819. The lowest BCUT2D eigenvalue weighted by Crippen LogP contribution is -2.36. The first-order chi connectivity index (χ1) is 7.66. The van der Waals surface area contributed by atoms with E-state index in [1.165, 1.54) is 12.8 Å². The Morgan fingerprint density at radius 2 is 2.31 bits per heavy atom. The summed E-state index contributed by atoms with van der Waals surface area (Å²) in [4.78, 5) is 10.8. The summed E-state index contributed by atoms with van der Waals surface area (Å²) in [6.45, 7) is 5.09. The van der Waals surface area contributed by atoms with E-state index in [9.17, 15) is 0 Å². The number of nitrogens with zero attached hydrogens (tertiary/aromatic N) is 3. The van der Waals surface area contributed by atoms with Crippen molar-refractivity contribution in [2.45, 2.75) is 38.8 Å². The highest BCUT2D eigenvalue weighted by molar-refractivity contribution is 5.32. The van der Waals surface area contributed by atoms with Crippen LogP contribution in [0.2, 0.25) is 0 Å². The molecular formula is C12H20N4. The Bertz CT molecular complexity index is 349. The molecule has 1 atom stereocenters. The van der Waals surface area contributed by atoms with E-state index in [2.05, 4.69) is 34.2 Å². The number of aryl methyl sites for hydroxylation is 1. The molecule has 1 aliphatic rings. The fourth-order valence-electron chi connectivity index (χ4n) is 1.79. The summed E-state index contributed by atoms with van der Waals surface area (Å²) in [5, 5.41) is 3.36. The van der Waals surface area contributed by atoms with Crippen LogP contribution in [0.5, 0.6) is 0 Å². The van der Waals surface area contributed by atoms with Crippen LogP contribution in [0.25, 0.3) is 0 Å². The van der Waals surface area contributed by atoms with Gasteiger partial charge in [-0.2, -0.15) is 0 Å². The molecule has 1 unspecified atom stereocenters. The summed E-state index contributed by atoms with van der Waals surface area (Å²) in [7, 11) is 2.20. The first-order valence-electron chi connectivity index (χ1n) is 5.92. The summed E-state index contributed by atoms with van der Waals surface area (Å²) in [5.41, 5.74) is 0. The van der Waals surface area contributed by atoms with Gasteiger partial charge in [-0.3, -0.25) is 4.90 Å². The standard InChI is InChI=1S/C12H20N4/c1-9(16(3)11-4-5-11)8-14-12-6-7-13-10(2)15-12/h6-7,9,11H,4-5,8H2,1-3H3,(H,13,14,15). The molecule has 1 N–H and O–H groups in total. The number of nitrogens with one attached hydrogen (secondary N) is 1. The number of likely N-dealkylation sites (N-methyl/N-ethyl adjacent to an activating group) is 1. The topological polar surface area (TPSA) is 41.1 Å². The molecule has 0 amide bonds. The highest BCUT2D eigenvalue weighted by Gasteiger charge is 2.28. The molecule has 0 spiro atoms. The zero-order valence-corrected chi connectivity index (χ0v) is 10.3. The molecule has 1 aromatic rings. The van der Waals surface area contributed by atoms with Crippen LogP contribution in [-0.2, 0) is 0 Å². The Balaban J connectivity index is 1.82. The Kier molecular flexibility index (Phi) is 3.39. The Morgan fingerprint density at radius 3 is 2.94 bits per heavy atom. The second-order valence-electron chi connectivity index (χ2n) is 4.62. The van der Waals surface area contributed by atoms with Gasteiger partial charge < -0.3 is 5.32 Å². The Hall–Kier alpha value is -1.16. The van der Waals surface area contributed by atoms with Crippen LogP contribution >= 0.6 is 0 Å². The SMILES string of the molecule is Cc1nccc(NCC(C)N(C)C2CC2)n1. The maximum Gasteiger partial charge on any atom is 0.129 e. The minimum atomic E-state index is 0.544. The summed E-state index contributed by atoms with van der Waals surface area (Å²) < 4.78 is 0. The number of hydrogen-bond donors (Lipinski definition) is 1. The Morgan fingerprint density at radius 1 is 1.56 bits per heavy atom. The highest BCUT2D eigenvalue weighted by Crippen LogP contribution is 2.26. The van der Waals surface area contributed by atoms with Crippen molar-refractivity contribution in [3.05, 3.63) is 18.1 Å². The molecule has 0 aliphatic heterocycles. The highest BCUT2D eigenvalue weighted by atomic mass is 15.2. The van der Waals surface area contributed by atoms with Gasteiger partial charge in [-0.1, -0.05) is 0 Å². The largest absolute Gasteiger partial charge is 0.368 e. The molecule has 0 aromatic carbocycles. The second kappa shape index (κ2) is 4.78. The molecule has 2 rings (SSSR count). The number of rotatable bonds is 5. The van der Waals surface area contributed by atoms with E-state index >= 15 is 0 Å². The summed E-state index contributed by atoms with van der Waals surface area (Å²) in [5.74, 6) is 1.73. The number of aromatic nitrogens is 2. The van der Waals surface area contributed by atoms with Crippen LogP contribution < -0.4 is 5.32 Å². The molecule has 0 radical (unpaired) electrons. The van der Waals surface area contributed by atoms with Crippen LogP contribution in [0.3, 0.4) is 0 Å². The molecule has 16 heavy (non-hydrogen) atoms. The minimum Gasteiger partial charge on any atom is -0.368 e. The molecule has 1 aliphatic carbocycles. The van der Waals surface area contributed by atoms with E-state index in [1.807, 2.05) is 13.0 Å². The zero-order valence-electron chi connectivity index (χ0n) is 10.3. The third kappa shape index (κ3) is 2.92. The average molecular weight is 220 g/mol. The van der Waals surface area contributed by atoms with Crippen molar-refractivity contribution in [3.8, 4) is 0 Å². The molecule has 1 heterocycles. The molecule has 1 saturated carbocycles. The number of anilines is 1.